The van der Waals surface area contributed by atoms with Gasteiger partial charge >= 0.3 is 6.03 Å². The molecule has 164 valence electrons. The summed E-state index contributed by atoms with van der Waals surface area (Å²) in [5, 5.41) is 3.16. The van der Waals surface area contributed by atoms with Gasteiger partial charge in [-0.2, -0.15) is 5.01 Å². The van der Waals surface area contributed by atoms with Crippen LogP contribution in [0.1, 0.15) is 22.8 Å². The number of nitrogens with one attached hydrogen (secondary N) is 2. The largest absolute Gasteiger partial charge is 0.495 e. The third-order valence-corrected chi connectivity index (χ3v) is 6.78. The highest BCUT2D eigenvalue weighted by Crippen LogP contribution is 2.29. The second-order valence-corrected chi connectivity index (χ2v) is 9.28. The van der Waals surface area contributed by atoms with E-state index in [1.807, 2.05) is 0 Å². The molecule has 2 aromatic rings. The van der Waals surface area contributed by atoms with Crippen LogP contribution in [0.15, 0.2) is 53.4 Å². The maximum absolute atomic E-state index is 12.9. The minimum atomic E-state index is -3.91. The van der Waals surface area contributed by atoms with Crippen molar-refractivity contribution >= 4 is 27.9 Å². The van der Waals surface area contributed by atoms with Crippen molar-refractivity contribution < 1.29 is 27.5 Å². The summed E-state index contributed by atoms with van der Waals surface area (Å²) < 4.78 is 31.2. The normalized spacial score (nSPS) is 18.8. The number of carbonyl (C=O) groups excluding carboxylic acids is 3. The van der Waals surface area contributed by atoms with E-state index in [1.54, 1.807) is 30.3 Å². The fourth-order valence-electron chi connectivity index (χ4n) is 3.09. The summed E-state index contributed by atoms with van der Waals surface area (Å²) in [5.74, 6) is -1.46. The highest BCUT2D eigenvalue weighted by Gasteiger charge is 2.50. The number of rotatable bonds is 6. The van der Waals surface area contributed by atoms with Gasteiger partial charge in [0.2, 0.25) is 10.0 Å². The Morgan fingerprint density at radius 3 is 2.35 bits per heavy atom. The molecule has 2 aromatic carbocycles. The van der Waals surface area contributed by atoms with Crippen molar-refractivity contribution in [2.24, 2.45) is 0 Å². The Morgan fingerprint density at radius 1 is 1.13 bits per heavy atom. The lowest BCUT2D eigenvalue weighted by Gasteiger charge is -2.22. The summed E-state index contributed by atoms with van der Waals surface area (Å²) in [5.41, 5.74) is 1.37. The highest BCUT2D eigenvalue weighted by atomic mass is 32.2. The predicted octanol–water partition coefficient (Wildman–Crippen LogP) is 1.06. The number of ether oxygens (including phenoxy) is 1. The summed E-state index contributed by atoms with van der Waals surface area (Å²) in [6, 6.07) is 11.6. The zero-order valence-electron chi connectivity index (χ0n) is 17.4. The number of methoxy groups -OCH3 is 1. The number of nitrogens with zero attached hydrogens (tertiary/aromatic N) is 2. The molecule has 3 rings (SSSR count). The van der Waals surface area contributed by atoms with Crippen LogP contribution in [0.3, 0.4) is 0 Å². The number of sulfonamides is 1. The number of imide groups is 1. The van der Waals surface area contributed by atoms with Gasteiger partial charge in [0.1, 0.15) is 16.2 Å². The summed E-state index contributed by atoms with van der Waals surface area (Å²) in [4.78, 5) is 37.9. The fraction of sp³-hybridized carbons (Fsp3) is 0.250. The summed E-state index contributed by atoms with van der Waals surface area (Å²) in [6.45, 7) is 1.53. The van der Waals surface area contributed by atoms with Crippen LogP contribution in [-0.2, 0) is 20.4 Å². The summed E-state index contributed by atoms with van der Waals surface area (Å²) in [6.07, 6.45) is 0. The van der Waals surface area contributed by atoms with Crippen LogP contribution in [0.2, 0.25) is 0 Å². The van der Waals surface area contributed by atoms with Crippen LogP contribution in [0, 0.1) is 0 Å². The van der Waals surface area contributed by atoms with Crippen molar-refractivity contribution in [1.29, 1.82) is 0 Å². The minimum Gasteiger partial charge on any atom is -0.495 e. The lowest BCUT2D eigenvalue weighted by Crippen LogP contribution is -2.47. The molecule has 4 amide bonds. The van der Waals surface area contributed by atoms with E-state index in [-0.39, 0.29) is 16.2 Å². The molecule has 11 heteroatoms. The van der Waals surface area contributed by atoms with E-state index in [9.17, 15) is 22.8 Å². The molecule has 31 heavy (non-hydrogen) atoms. The van der Waals surface area contributed by atoms with Crippen molar-refractivity contribution in [2.45, 2.75) is 17.4 Å². The summed E-state index contributed by atoms with van der Waals surface area (Å²) in [7, 11) is 0.0892. The van der Waals surface area contributed by atoms with Crippen molar-refractivity contribution in [2.75, 3.05) is 21.2 Å². The topological polar surface area (TPSA) is 125 Å². The maximum Gasteiger partial charge on any atom is 0.344 e. The Bertz CT molecular complexity index is 1150. The second kappa shape index (κ2) is 8.00. The highest BCUT2D eigenvalue weighted by molar-refractivity contribution is 7.89. The second-order valence-electron chi connectivity index (χ2n) is 7.16. The molecule has 1 atom stereocenters. The van der Waals surface area contributed by atoms with Crippen LogP contribution in [-0.4, -0.2) is 56.8 Å². The van der Waals surface area contributed by atoms with E-state index in [2.05, 4.69) is 10.7 Å². The minimum absolute atomic E-state index is 0.0527. The molecule has 0 aliphatic carbocycles. The molecule has 0 aromatic heterocycles. The first-order chi connectivity index (χ1) is 14.5. The van der Waals surface area contributed by atoms with E-state index in [4.69, 9.17) is 4.74 Å². The number of hydrogen-bond acceptors (Lipinski definition) is 6. The average Bonchev–Trinajstić information content (AvgIpc) is 2.97. The average molecular weight is 446 g/mol. The standard InChI is InChI=1S/C20H22N4O6S/c1-20(14-8-6-5-7-9-14)18(26)24(19(27)21-20)22-17(25)13-10-11-15(30-4)16(12-13)31(28,29)23(2)3/h5-12H,1-4H3,(H,21,27)(H,22,25). The van der Waals surface area contributed by atoms with E-state index in [0.717, 1.165) is 10.4 Å². The first-order valence-corrected chi connectivity index (χ1v) is 10.6. The number of urea groups is 1. The van der Waals surface area contributed by atoms with E-state index >= 15 is 0 Å². The van der Waals surface area contributed by atoms with Crippen LogP contribution in [0.4, 0.5) is 4.79 Å². The number of hydrazine groups is 1. The van der Waals surface area contributed by atoms with Gasteiger partial charge in [-0.15, -0.1) is 0 Å². The Hall–Kier alpha value is -3.44. The van der Waals surface area contributed by atoms with Gasteiger partial charge in [0.25, 0.3) is 11.8 Å². The monoisotopic (exact) mass is 446 g/mol. The molecule has 1 heterocycles. The molecule has 10 nitrogen and oxygen atoms in total. The molecule has 0 saturated carbocycles. The number of benzene rings is 2. The van der Waals surface area contributed by atoms with Crippen LogP contribution >= 0.6 is 0 Å². The molecule has 1 unspecified atom stereocenters. The molecule has 1 fully saturated rings. The van der Waals surface area contributed by atoms with Gasteiger partial charge in [-0.25, -0.2) is 17.5 Å². The van der Waals surface area contributed by atoms with Crippen molar-refractivity contribution in [1.82, 2.24) is 20.1 Å². The molecular weight excluding hydrogens is 424 g/mol. The molecular formula is C20H22N4O6S. The zero-order chi connectivity index (χ0) is 23.0. The van der Waals surface area contributed by atoms with Gasteiger partial charge in [-0.05, 0) is 30.7 Å². The van der Waals surface area contributed by atoms with Gasteiger partial charge in [0.05, 0.1) is 7.11 Å². The van der Waals surface area contributed by atoms with Crippen molar-refractivity contribution in [3.05, 3.63) is 59.7 Å². The molecule has 1 aliphatic heterocycles. The van der Waals surface area contributed by atoms with E-state index < -0.39 is 33.4 Å². The Balaban J connectivity index is 1.90. The quantitative estimate of drug-likeness (QED) is 0.639. The lowest BCUT2D eigenvalue weighted by atomic mass is 9.92. The zero-order valence-corrected chi connectivity index (χ0v) is 18.2. The van der Waals surface area contributed by atoms with Crippen molar-refractivity contribution in [3.8, 4) is 5.75 Å². The molecule has 0 spiro atoms. The lowest BCUT2D eigenvalue weighted by molar-refractivity contribution is -0.132. The Labute approximate surface area is 179 Å². The van der Waals surface area contributed by atoms with E-state index in [1.165, 1.54) is 40.3 Å². The SMILES string of the molecule is COc1ccc(C(=O)NN2C(=O)NC(C)(c3ccccc3)C2=O)cc1S(=O)(=O)N(C)C. The molecule has 1 aliphatic rings. The van der Waals surface area contributed by atoms with Crippen LogP contribution in [0.5, 0.6) is 5.75 Å². The Morgan fingerprint density at radius 2 is 1.77 bits per heavy atom. The summed E-state index contributed by atoms with van der Waals surface area (Å²) >= 11 is 0. The van der Waals surface area contributed by atoms with Crippen molar-refractivity contribution in [3.63, 3.8) is 0 Å². The predicted molar refractivity (Wildman–Crippen MR) is 111 cm³/mol. The van der Waals surface area contributed by atoms with Crippen LogP contribution in [0.25, 0.3) is 0 Å². The maximum atomic E-state index is 12.9. The van der Waals surface area contributed by atoms with Gasteiger partial charge < -0.3 is 10.1 Å². The van der Waals surface area contributed by atoms with Gasteiger partial charge in [0.15, 0.2) is 0 Å². The first-order valence-electron chi connectivity index (χ1n) is 9.16. The third kappa shape index (κ3) is 3.84. The Kier molecular flexibility index (Phi) is 5.74. The molecule has 2 N–H and O–H groups in total. The van der Waals surface area contributed by atoms with Gasteiger partial charge in [-0.3, -0.25) is 15.0 Å². The smallest absolute Gasteiger partial charge is 0.344 e. The fourth-order valence-corrected chi connectivity index (χ4v) is 4.16. The molecule has 1 saturated heterocycles. The van der Waals surface area contributed by atoms with Gasteiger partial charge in [0, 0.05) is 19.7 Å². The molecule has 0 bridgehead atoms. The number of carbonyl (C=O) groups is 3. The van der Waals surface area contributed by atoms with Crippen LogP contribution < -0.4 is 15.5 Å². The number of amides is 4. The molecule has 0 radical (unpaired) electrons. The first kappa shape index (κ1) is 22.2. The van der Waals surface area contributed by atoms with Gasteiger partial charge in [-0.1, -0.05) is 30.3 Å². The third-order valence-electron chi connectivity index (χ3n) is 4.94. The number of hydrogen-bond donors (Lipinski definition) is 2. The van der Waals surface area contributed by atoms with E-state index in [0.29, 0.717) is 10.6 Å².